The highest BCUT2D eigenvalue weighted by atomic mass is 32.2. The molecule has 0 unspecified atom stereocenters. The van der Waals surface area contributed by atoms with Crippen LogP contribution in [0.2, 0.25) is 0 Å². The number of hydrogen-bond donors (Lipinski definition) is 0. The number of hydrogen-bond acceptors (Lipinski definition) is 3. The van der Waals surface area contributed by atoms with E-state index in [0.717, 1.165) is 0 Å². The van der Waals surface area contributed by atoms with Gasteiger partial charge in [-0.2, -0.15) is 0 Å². The second-order valence-electron chi connectivity index (χ2n) is 3.56. The number of nitrogens with zero attached hydrogens (tertiary/aromatic N) is 1. The number of pyridine rings is 1. The summed E-state index contributed by atoms with van der Waals surface area (Å²) in [6, 6.07) is 10.2. The summed E-state index contributed by atoms with van der Waals surface area (Å²) in [6.07, 6.45) is 1.42. The van der Waals surface area contributed by atoms with Crippen LogP contribution in [0.3, 0.4) is 0 Å². The number of sulfone groups is 1. The maximum Gasteiger partial charge on any atom is 0.199 e. The Hall–Kier alpha value is -1.75. The smallest absolute Gasteiger partial charge is 0.199 e. The van der Waals surface area contributed by atoms with Crippen LogP contribution in [-0.2, 0) is 15.6 Å². The van der Waals surface area contributed by atoms with Gasteiger partial charge in [0.2, 0.25) is 0 Å². The summed E-state index contributed by atoms with van der Waals surface area (Å²) in [5, 5.41) is 0.00395. The molecule has 0 radical (unpaired) electrons. The molecule has 0 saturated carbocycles. The van der Waals surface area contributed by atoms with Crippen molar-refractivity contribution < 1.29 is 12.8 Å². The number of rotatable bonds is 3. The van der Waals surface area contributed by atoms with E-state index in [1.807, 2.05) is 0 Å². The molecule has 88 valence electrons. The predicted molar refractivity (Wildman–Crippen MR) is 61.5 cm³/mol. The highest BCUT2D eigenvalue weighted by Crippen LogP contribution is 2.14. The van der Waals surface area contributed by atoms with Crippen molar-refractivity contribution in [2.45, 2.75) is 10.8 Å². The van der Waals surface area contributed by atoms with Gasteiger partial charge >= 0.3 is 0 Å². The van der Waals surface area contributed by atoms with E-state index in [0.29, 0.717) is 5.56 Å². The number of aromatic nitrogens is 1. The maximum absolute atomic E-state index is 12.9. The SMILES string of the molecule is O=S(=O)(Cc1cccc(F)c1)c1ccccn1. The molecule has 1 aromatic heterocycles. The first-order valence-corrected chi connectivity index (χ1v) is 6.61. The number of halogens is 1. The van der Waals surface area contributed by atoms with E-state index in [1.54, 1.807) is 18.2 Å². The van der Waals surface area contributed by atoms with E-state index < -0.39 is 15.7 Å². The monoisotopic (exact) mass is 251 g/mol. The van der Waals surface area contributed by atoms with Crippen LogP contribution in [0.4, 0.5) is 4.39 Å². The molecule has 0 bridgehead atoms. The van der Waals surface area contributed by atoms with Crippen LogP contribution in [0.1, 0.15) is 5.56 Å². The summed E-state index contributed by atoms with van der Waals surface area (Å²) >= 11 is 0. The Balaban J connectivity index is 2.30. The summed E-state index contributed by atoms with van der Waals surface area (Å²) in [7, 11) is -3.51. The molecule has 1 heterocycles. The second kappa shape index (κ2) is 4.63. The van der Waals surface area contributed by atoms with Gasteiger partial charge in [0.1, 0.15) is 5.82 Å². The van der Waals surface area contributed by atoms with Gasteiger partial charge in [-0.05, 0) is 29.8 Å². The van der Waals surface area contributed by atoms with Crippen LogP contribution >= 0.6 is 0 Å². The molecule has 0 fully saturated rings. The average Bonchev–Trinajstić information content (AvgIpc) is 2.29. The minimum absolute atomic E-state index is 0.00395. The molecular formula is C12H10FNO2S. The van der Waals surface area contributed by atoms with Crippen LogP contribution in [0, 0.1) is 5.82 Å². The third-order valence-electron chi connectivity index (χ3n) is 2.20. The Morgan fingerprint density at radius 3 is 2.59 bits per heavy atom. The molecule has 1 aromatic carbocycles. The van der Waals surface area contributed by atoms with Crippen molar-refractivity contribution in [3.8, 4) is 0 Å². The van der Waals surface area contributed by atoms with Crippen LogP contribution in [-0.4, -0.2) is 13.4 Å². The van der Waals surface area contributed by atoms with Gasteiger partial charge in [-0.25, -0.2) is 17.8 Å². The van der Waals surface area contributed by atoms with E-state index in [1.165, 1.54) is 30.5 Å². The summed E-state index contributed by atoms with van der Waals surface area (Å²) in [5.74, 6) is -0.694. The third-order valence-corrected chi connectivity index (χ3v) is 3.79. The maximum atomic E-state index is 12.9. The molecule has 5 heteroatoms. The van der Waals surface area contributed by atoms with Gasteiger partial charge < -0.3 is 0 Å². The fourth-order valence-corrected chi connectivity index (χ4v) is 2.72. The first-order valence-electron chi connectivity index (χ1n) is 4.96. The molecular weight excluding hydrogens is 241 g/mol. The zero-order chi connectivity index (χ0) is 12.3. The molecule has 0 atom stereocenters. The zero-order valence-electron chi connectivity index (χ0n) is 8.88. The molecule has 0 saturated heterocycles. The molecule has 0 N–H and O–H groups in total. The van der Waals surface area contributed by atoms with Crippen LogP contribution in [0.15, 0.2) is 53.7 Å². The predicted octanol–water partition coefficient (Wildman–Crippen LogP) is 2.19. The Labute approximate surface area is 98.9 Å². The fourth-order valence-electron chi connectivity index (χ4n) is 1.45. The molecule has 2 rings (SSSR count). The van der Waals surface area contributed by atoms with Gasteiger partial charge in [0.25, 0.3) is 0 Å². The Morgan fingerprint density at radius 2 is 1.94 bits per heavy atom. The lowest BCUT2D eigenvalue weighted by Crippen LogP contribution is -2.06. The van der Waals surface area contributed by atoms with E-state index in [2.05, 4.69) is 4.98 Å². The van der Waals surface area contributed by atoms with Crippen molar-refractivity contribution in [3.05, 3.63) is 60.0 Å². The second-order valence-corrected chi connectivity index (χ2v) is 5.49. The highest BCUT2D eigenvalue weighted by molar-refractivity contribution is 7.90. The number of benzene rings is 1. The average molecular weight is 251 g/mol. The van der Waals surface area contributed by atoms with E-state index >= 15 is 0 Å². The van der Waals surface area contributed by atoms with E-state index in [9.17, 15) is 12.8 Å². The first-order chi connectivity index (χ1) is 8.08. The van der Waals surface area contributed by atoms with Gasteiger partial charge in [-0.1, -0.05) is 18.2 Å². The normalized spacial score (nSPS) is 11.4. The lowest BCUT2D eigenvalue weighted by atomic mass is 10.2. The molecule has 0 amide bonds. The van der Waals surface area contributed by atoms with Crippen molar-refractivity contribution in [1.82, 2.24) is 4.98 Å². The summed E-state index contributed by atoms with van der Waals surface area (Å²) in [6.45, 7) is 0. The highest BCUT2D eigenvalue weighted by Gasteiger charge is 2.16. The Kier molecular flexibility index (Phi) is 3.19. The van der Waals surface area contributed by atoms with Crippen LogP contribution < -0.4 is 0 Å². The summed E-state index contributed by atoms with van der Waals surface area (Å²) in [5.41, 5.74) is 0.413. The first kappa shape index (κ1) is 11.7. The lowest BCUT2D eigenvalue weighted by molar-refractivity contribution is 0.591. The third kappa shape index (κ3) is 2.88. The Bertz CT molecular complexity index is 611. The zero-order valence-corrected chi connectivity index (χ0v) is 9.69. The molecule has 17 heavy (non-hydrogen) atoms. The summed E-state index contributed by atoms with van der Waals surface area (Å²) < 4.78 is 36.8. The molecule has 3 nitrogen and oxygen atoms in total. The fraction of sp³-hybridized carbons (Fsp3) is 0.0833. The van der Waals surface area contributed by atoms with Crippen molar-refractivity contribution in [1.29, 1.82) is 0 Å². The van der Waals surface area contributed by atoms with Crippen molar-refractivity contribution in [2.75, 3.05) is 0 Å². The minimum Gasteiger partial charge on any atom is -0.245 e. The molecule has 2 aromatic rings. The molecule has 0 aliphatic rings. The molecule has 0 spiro atoms. The van der Waals surface area contributed by atoms with Crippen molar-refractivity contribution in [3.63, 3.8) is 0 Å². The quantitative estimate of drug-likeness (QED) is 0.840. The van der Waals surface area contributed by atoms with Crippen LogP contribution in [0.25, 0.3) is 0 Å². The van der Waals surface area contributed by atoms with Gasteiger partial charge in [0.05, 0.1) is 5.75 Å². The van der Waals surface area contributed by atoms with Gasteiger partial charge in [0.15, 0.2) is 14.9 Å². The van der Waals surface area contributed by atoms with Crippen molar-refractivity contribution >= 4 is 9.84 Å². The van der Waals surface area contributed by atoms with E-state index in [-0.39, 0.29) is 10.8 Å². The van der Waals surface area contributed by atoms with Crippen molar-refractivity contribution in [2.24, 2.45) is 0 Å². The van der Waals surface area contributed by atoms with E-state index in [4.69, 9.17) is 0 Å². The summed E-state index contributed by atoms with van der Waals surface area (Å²) in [4.78, 5) is 3.79. The van der Waals surface area contributed by atoms with Gasteiger partial charge in [0, 0.05) is 6.20 Å². The van der Waals surface area contributed by atoms with Crippen LogP contribution in [0.5, 0.6) is 0 Å². The van der Waals surface area contributed by atoms with Gasteiger partial charge in [-0.3, -0.25) is 0 Å². The molecule has 0 aliphatic heterocycles. The molecule has 0 aliphatic carbocycles. The largest absolute Gasteiger partial charge is 0.245 e. The van der Waals surface area contributed by atoms with Gasteiger partial charge in [-0.15, -0.1) is 0 Å². The standard InChI is InChI=1S/C12H10FNO2S/c13-11-5-3-4-10(8-11)9-17(15,16)12-6-1-2-7-14-12/h1-8H,9H2. The lowest BCUT2D eigenvalue weighted by Gasteiger charge is -2.03. The Morgan fingerprint density at radius 1 is 1.12 bits per heavy atom. The minimum atomic E-state index is -3.51. The topological polar surface area (TPSA) is 47.0 Å².